The quantitative estimate of drug-likeness (QED) is 0.735. The number of para-hydroxylation sites is 1. The highest BCUT2D eigenvalue weighted by molar-refractivity contribution is 5.87. The molecule has 2 aromatic carbocycles. The van der Waals surface area contributed by atoms with Crippen LogP contribution in [0.3, 0.4) is 0 Å². The molecule has 0 atom stereocenters. The Bertz CT molecular complexity index is 978. The Morgan fingerprint density at radius 2 is 1.89 bits per heavy atom. The average Bonchev–Trinajstić information content (AvgIpc) is 2.73. The minimum Gasteiger partial charge on any atom is -0.381 e. The van der Waals surface area contributed by atoms with Gasteiger partial charge in [-0.3, -0.25) is 9.78 Å². The number of carbonyl (C=O) groups is 1. The highest BCUT2D eigenvalue weighted by Gasteiger charge is 2.35. The van der Waals surface area contributed by atoms with Gasteiger partial charge in [-0.15, -0.1) is 0 Å². The Kier molecular flexibility index (Phi) is 5.35. The smallest absolute Gasteiger partial charge is 0.224 e. The summed E-state index contributed by atoms with van der Waals surface area (Å²) in [5.41, 5.74) is 2.38. The highest BCUT2D eigenvalue weighted by Crippen LogP contribution is 2.34. The molecule has 28 heavy (non-hydrogen) atoms. The van der Waals surface area contributed by atoms with Crippen LogP contribution in [0.2, 0.25) is 0 Å². The van der Waals surface area contributed by atoms with Crippen LogP contribution in [0, 0.1) is 5.82 Å². The Morgan fingerprint density at radius 3 is 2.71 bits per heavy atom. The predicted octanol–water partition coefficient (Wildman–Crippen LogP) is 3.78. The molecule has 1 aromatic heterocycles. The van der Waals surface area contributed by atoms with Gasteiger partial charge in [0, 0.05) is 36.8 Å². The summed E-state index contributed by atoms with van der Waals surface area (Å²) in [7, 11) is 0. The van der Waals surface area contributed by atoms with Crippen LogP contribution < -0.4 is 5.32 Å². The fraction of sp³-hybridized carbons (Fsp3) is 0.304. The number of pyridine rings is 1. The van der Waals surface area contributed by atoms with E-state index in [0.29, 0.717) is 19.8 Å². The first kappa shape index (κ1) is 18.6. The van der Waals surface area contributed by atoms with E-state index < -0.39 is 0 Å². The Labute approximate surface area is 163 Å². The molecule has 0 bridgehead atoms. The van der Waals surface area contributed by atoms with Gasteiger partial charge in [0.1, 0.15) is 5.82 Å². The summed E-state index contributed by atoms with van der Waals surface area (Å²) in [5.74, 6) is -0.308. The minimum absolute atomic E-state index is 0.0552. The number of hydrogen-bond donors (Lipinski definition) is 1. The van der Waals surface area contributed by atoms with E-state index in [1.54, 1.807) is 18.3 Å². The fourth-order valence-electron chi connectivity index (χ4n) is 3.96. The zero-order chi connectivity index (χ0) is 19.4. The zero-order valence-corrected chi connectivity index (χ0v) is 15.7. The highest BCUT2D eigenvalue weighted by atomic mass is 19.1. The van der Waals surface area contributed by atoms with Gasteiger partial charge >= 0.3 is 0 Å². The Morgan fingerprint density at radius 1 is 1.11 bits per heavy atom. The number of carbonyl (C=O) groups excluding carboxylic acids is 1. The van der Waals surface area contributed by atoms with E-state index in [9.17, 15) is 9.18 Å². The number of fused-ring (bicyclic) bond motifs is 1. The first-order chi connectivity index (χ1) is 13.7. The second kappa shape index (κ2) is 8.07. The standard InChI is InChI=1S/C23H23FN2O2/c24-20-8-2-7-19(15-20)23(9-12-28-13-10-23)16-26-21(27)14-18-5-1-4-17-6-3-11-25-22(17)18/h1-8,11,15H,9-10,12-14,16H2,(H,26,27). The lowest BCUT2D eigenvalue weighted by Crippen LogP contribution is -2.45. The molecule has 0 radical (unpaired) electrons. The number of benzene rings is 2. The summed E-state index contributed by atoms with van der Waals surface area (Å²) in [6.45, 7) is 1.69. The molecule has 0 unspecified atom stereocenters. The molecular weight excluding hydrogens is 355 g/mol. The van der Waals surface area contributed by atoms with Gasteiger partial charge in [-0.2, -0.15) is 0 Å². The van der Waals surface area contributed by atoms with Gasteiger partial charge in [-0.05, 0) is 42.2 Å². The van der Waals surface area contributed by atoms with Crippen molar-refractivity contribution in [1.29, 1.82) is 0 Å². The molecule has 5 heteroatoms. The third-order valence-corrected chi connectivity index (χ3v) is 5.58. The summed E-state index contributed by atoms with van der Waals surface area (Å²) in [6, 6.07) is 16.4. The van der Waals surface area contributed by atoms with Gasteiger partial charge in [-0.25, -0.2) is 4.39 Å². The van der Waals surface area contributed by atoms with E-state index in [0.717, 1.165) is 34.9 Å². The van der Waals surface area contributed by atoms with Crippen LogP contribution in [0.25, 0.3) is 10.9 Å². The molecule has 0 aliphatic carbocycles. The third kappa shape index (κ3) is 3.90. The maximum absolute atomic E-state index is 13.8. The molecule has 4 nitrogen and oxygen atoms in total. The van der Waals surface area contributed by atoms with Gasteiger partial charge in [0.25, 0.3) is 0 Å². The molecule has 1 aliphatic rings. The largest absolute Gasteiger partial charge is 0.381 e. The minimum atomic E-state index is -0.299. The summed E-state index contributed by atoms with van der Waals surface area (Å²) < 4.78 is 19.3. The van der Waals surface area contributed by atoms with Crippen LogP contribution in [-0.2, 0) is 21.4 Å². The van der Waals surface area contributed by atoms with E-state index in [4.69, 9.17) is 4.74 Å². The lowest BCUT2D eigenvalue weighted by molar-refractivity contribution is -0.120. The van der Waals surface area contributed by atoms with Crippen molar-refractivity contribution in [2.75, 3.05) is 19.8 Å². The van der Waals surface area contributed by atoms with Crippen LogP contribution in [0.4, 0.5) is 4.39 Å². The summed E-state index contributed by atoms with van der Waals surface area (Å²) >= 11 is 0. The third-order valence-electron chi connectivity index (χ3n) is 5.58. The Hall–Kier alpha value is -2.79. The molecule has 0 spiro atoms. The number of rotatable bonds is 5. The Balaban J connectivity index is 1.50. The van der Waals surface area contributed by atoms with Gasteiger partial charge in [0.15, 0.2) is 0 Å². The van der Waals surface area contributed by atoms with Crippen LogP contribution >= 0.6 is 0 Å². The van der Waals surface area contributed by atoms with Crippen molar-refractivity contribution >= 4 is 16.8 Å². The van der Waals surface area contributed by atoms with Crippen molar-refractivity contribution in [1.82, 2.24) is 10.3 Å². The molecule has 144 valence electrons. The van der Waals surface area contributed by atoms with Crippen LogP contribution in [0.15, 0.2) is 60.8 Å². The number of ether oxygens (including phenoxy) is 1. The molecule has 2 heterocycles. The number of aromatic nitrogens is 1. The maximum atomic E-state index is 13.8. The van der Waals surface area contributed by atoms with Crippen LogP contribution in [-0.4, -0.2) is 30.6 Å². The van der Waals surface area contributed by atoms with Crippen LogP contribution in [0.1, 0.15) is 24.0 Å². The fourth-order valence-corrected chi connectivity index (χ4v) is 3.96. The van der Waals surface area contributed by atoms with Gasteiger partial charge in [0.05, 0.1) is 11.9 Å². The monoisotopic (exact) mass is 378 g/mol. The van der Waals surface area contributed by atoms with Crippen molar-refractivity contribution in [2.24, 2.45) is 0 Å². The van der Waals surface area contributed by atoms with E-state index in [2.05, 4.69) is 10.3 Å². The lowest BCUT2D eigenvalue weighted by Gasteiger charge is -2.38. The van der Waals surface area contributed by atoms with E-state index in [1.807, 2.05) is 36.4 Å². The molecule has 1 aliphatic heterocycles. The summed E-state index contributed by atoms with van der Waals surface area (Å²) in [5, 5.41) is 4.10. The van der Waals surface area contributed by atoms with E-state index in [1.165, 1.54) is 6.07 Å². The average molecular weight is 378 g/mol. The summed E-state index contributed by atoms with van der Waals surface area (Å²) in [6.07, 6.45) is 3.52. The molecule has 1 N–H and O–H groups in total. The van der Waals surface area contributed by atoms with Crippen molar-refractivity contribution < 1.29 is 13.9 Å². The van der Waals surface area contributed by atoms with Crippen molar-refractivity contribution in [2.45, 2.75) is 24.7 Å². The SMILES string of the molecule is O=C(Cc1cccc2cccnc12)NCC1(c2cccc(F)c2)CCOCC1. The number of nitrogens with zero attached hydrogens (tertiary/aromatic N) is 1. The zero-order valence-electron chi connectivity index (χ0n) is 15.7. The predicted molar refractivity (Wildman–Crippen MR) is 107 cm³/mol. The van der Waals surface area contributed by atoms with E-state index >= 15 is 0 Å². The molecule has 1 saturated heterocycles. The number of amides is 1. The van der Waals surface area contributed by atoms with Crippen molar-refractivity contribution in [3.8, 4) is 0 Å². The first-order valence-electron chi connectivity index (χ1n) is 9.59. The van der Waals surface area contributed by atoms with Crippen molar-refractivity contribution in [3.05, 3.63) is 77.7 Å². The summed E-state index contributed by atoms with van der Waals surface area (Å²) in [4.78, 5) is 17.1. The lowest BCUT2D eigenvalue weighted by atomic mass is 9.74. The van der Waals surface area contributed by atoms with Gasteiger partial charge < -0.3 is 10.1 Å². The normalized spacial score (nSPS) is 16.0. The first-order valence-corrected chi connectivity index (χ1v) is 9.59. The molecule has 3 aromatic rings. The van der Waals surface area contributed by atoms with Gasteiger partial charge in [-0.1, -0.05) is 36.4 Å². The molecule has 4 rings (SSSR count). The van der Waals surface area contributed by atoms with Crippen LogP contribution in [0.5, 0.6) is 0 Å². The molecule has 1 amide bonds. The molecular formula is C23H23FN2O2. The van der Waals surface area contributed by atoms with Gasteiger partial charge in [0.2, 0.25) is 5.91 Å². The second-order valence-electron chi connectivity index (χ2n) is 7.35. The number of hydrogen-bond acceptors (Lipinski definition) is 3. The maximum Gasteiger partial charge on any atom is 0.224 e. The van der Waals surface area contributed by atoms with Crippen molar-refractivity contribution in [3.63, 3.8) is 0 Å². The number of halogens is 1. The second-order valence-corrected chi connectivity index (χ2v) is 7.35. The topological polar surface area (TPSA) is 51.2 Å². The molecule has 0 saturated carbocycles. The molecule has 1 fully saturated rings. The number of nitrogens with one attached hydrogen (secondary N) is 1. The van der Waals surface area contributed by atoms with E-state index in [-0.39, 0.29) is 23.6 Å².